The molecule has 1 saturated carbocycles. The second-order valence-electron chi connectivity index (χ2n) is 5.47. The lowest BCUT2D eigenvalue weighted by atomic mass is 9.79. The van der Waals surface area contributed by atoms with Crippen LogP contribution in [0.1, 0.15) is 47.0 Å². The van der Waals surface area contributed by atoms with E-state index >= 15 is 0 Å². The highest BCUT2D eigenvalue weighted by molar-refractivity contribution is 7.92. The SMILES string of the molecule is CCNC1CCC(C(C)C)CC1S(=O)(=O)CC. The molecule has 0 aromatic carbocycles. The van der Waals surface area contributed by atoms with E-state index in [0.29, 0.717) is 11.8 Å². The summed E-state index contributed by atoms with van der Waals surface area (Å²) in [4.78, 5) is 0. The van der Waals surface area contributed by atoms with E-state index in [9.17, 15) is 8.42 Å². The topological polar surface area (TPSA) is 46.2 Å². The summed E-state index contributed by atoms with van der Waals surface area (Å²) in [5.74, 6) is 1.42. The number of nitrogens with one attached hydrogen (secondary N) is 1. The third kappa shape index (κ3) is 3.68. The average Bonchev–Trinajstić information content (AvgIpc) is 2.29. The van der Waals surface area contributed by atoms with Gasteiger partial charge < -0.3 is 5.32 Å². The van der Waals surface area contributed by atoms with Crippen LogP contribution in [0.3, 0.4) is 0 Å². The van der Waals surface area contributed by atoms with Crippen LogP contribution in [-0.2, 0) is 9.84 Å². The summed E-state index contributed by atoms with van der Waals surface area (Å²) in [7, 11) is -2.92. The van der Waals surface area contributed by atoms with Crippen LogP contribution in [-0.4, -0.2) is 32.0 Å². The van der Waals surface area contributed by atoms with Crippen molar-refractivity contribution in [2.75, 3.05) is 12.3 Å². The highest BCUT2D eigenvalue weighted by atomic mass is 32.2. The normalized spacial score (nSPS) is 30.8. The van der Waals surface area contributed by atoms with Crippen molar-refractivity contribution in [3.63, 3.8) is 0 Å². The standard InChI is InChI=1S/C13H27NO2S/c1-5-14-12-8-7-11(10(3)4)9-13(12)17(15,16)6-2/h10-14H,5-9H2,1-4H3. The molecule has 4 heteroatoms. The first-order chi connectivity index (χ1) is 7.92. The molecule has 1 fully saturated rings. The van der Waals surface area contributed by atoms with Crippen LogP contribution in [0.4, 0.5) is 0 Å². The first kappa shape index (κ1) is 15.0. The lowest BCUT2D eigenvalue weighted by Crippen LogP contribution is -2.49. The Balaban J connectivity index is 2.83. The molecule has 3 nitrogen and oxygen atoms in total. The van der Waals surface area contributed by atoms with Gasteiger partial charge in [-0.15, -0.1) is 0 Å². The van der Waals surface area contributed by atoms with Gasteiger partial charge in [0.2, 0.25) is 0 Å². The van der Waals surface area contributed by atoms with Crippen molar-refractivity contribution in [2.45, 2.75) is 58.2 Å². The Labute approximate surface area is 106 Å². The minimum absolute atomic E-state index is 0.167. The van der Waals surface area contributed by atoms with Gasteiger partial charge in [-0.3, -0.25) is 0 Å². The summed E-state index contributed by atoms with van der Waals surface area (Å²) in [6.07, 6.45) is 3.00. The molecule has 0 spiro atoms. The quantitative estimate of drug-likeness (QED) is 0.825. The van der Waals surface area contributed by atoms with Crippen LogP contribution in [0.15, 0.2) is 0 Å². The van der Waals surface area contributed by atoms with Crippen LogP contribution >= 0.6 is 0 Å². The summed E-state index contributed by atoms with van der Waals surface area (Å²) >= 11 is 0. The van der Waals surface area contributed by atoms with E-state index in [1.165, 1.54) is 0 Å². The van der Waals surface area contributed by atoms with Gasteiger partial charge in [0.25, 0.3) is 0 Å². The molecule has 1 aliphatic rings. The van der Waals surface area contributed by atoms with Crippen molar-refractivity contribution in [3.05, 3.63) is 0 Å². The van der Waals surface area contributed by atoms with E-state index in [0.717, 1.165) is 25.8 Å². The average molecular weight is 261 g/mol. The number of hydrogen-bond donors (Lipinski definition) is 1. The molecule has 0 amide bonds. The molecule has 1 rings (SSSR count). The number of rotatable bonds is 5. The van der Waals surface area contributed by atoms with Crippen molar-refractivity contribution in [3.8, 4) is 0 Å². The van der Waals surface area contributed by atoms with Gasteiger partial charge in [-0.25, -0.2) is 8.42 Å². The molecule has 0 radical (unpaired) electrons. The van der Waals surface area contributed by atoms with Crippen molar-refractivity contribution in [1.82, 2.24) is 5.32 Å². The molecule has 1 N–H and O–H groups in total. The molecule has 0 aliphatic heterocycles. The zero-order valence-corrected chi connectivity index (χ0v) is 12.4. The van der Waals surface area contributed by atoms with E-state index in [2.05, 4.69) is 19.2 Å². The highest BCUT2D eigenvalue weighted by Gasteiger charge is 2.38. The molecule has 0 heterocycles. The fourth-order valence-electron chi connectivity index (χ4n) is 2.87. The zero-order chi connectivity index (χ0) is 13.1. The largest absolute Gasteiger partial charge is 0.313 e. The molecule has 102 valence electrons. The first-order valence-electron chi connectivity index (χ1n) is 6.87. The van der Waals surface area contributed by atoms with Gasteiger partial charge in [-0.05, 0) is 37.6 Å². The van der Waals surface area contributed by atoms with E-state index in [1.807, 2.05) is 6.92 Å². The maximum Gasteiger partial charge on any atom is 0.154 e. The van der Waals surface area contributed by atoms with Crippen molar-refractivity contribution in [1.29, 1.82) is 0 Å². The summed E-state index contributed by atoms with van der Waals surface area (Å²) in [6.45, 7) is 9.07. The predicted octanol–water partition coefficient (Wildman–Crippen LogP) is 2.22. The fourth-order valence-corrected chi connectivity index (χ4v) is 4.57. The van der Waals surface area contributed by atoms with E-state index in [4.69, 9.17) is 0 Å². The lowest BCUT2D eigenvalue weighted by molar-refractivity contribution is 0.242. The third-order valence-electron chi connectivity index (χ3n) is 4.11. The molecule has 0 saturated heterocycles. The van der Waals surface area contributed by atoms with Gasteiger partial charge in [0.05, 0.1) is 5.25 Å². The molecular formula is C13H27NO2S. The van der Waals surface area contributed by atoms with Crippen LogP contribution in [0.2, 0.25) is 0 Å². The Hall–Kier alpha value is -0.0900. The summed E-state index contributed by atoms with van der Waals surface area (Å²) in [6, 6.07) is 0.167. The van der Waals surface area contributed by atoms with Crippen LogP contribution in [0.25, 0.3) is 0 Å². The molecule has 0 aromatic heterocycles. The number of sulfone groups is 1. The van der Waals surface area contributed by atoms with E-state index in [1.54, 1.807) is 6.92 Å². The maximum absolute atomic E-state index is 12.2. The third-order valence-corrected chi connectivity index (χ3v) is 6.35. The number of hydrogen-bond acceptors (Lipinski definition) is 3. The molecule has 17 heavy (non-hydrogen) atoms. The monoisotopic (exact) mass is 261 g/mol. The molecule has 1 aliphatic carbocycles. The Kier molecular flexibility index (Phi) is 5.45. The van der Waals surface area contributed by atoms with E-state index < -0.39 is 9.84 Å². The smallest absolute Gasteiger partial charge is 0.154 e. The maximum atomic E-state index is 12.2. The minimum atomic E-state index is -2.92. The second-order valence-corrected chi connectivity index (χ2v) is 7.98. The zero-order valence-electron chi connectivity index (χ0n) is 11.6. The molecule has 3 atom stereocenters. The predicted molar refractivity (Wildman–Crippen MR) is 72.9 cm³/mol. The van der Waals surface area contributed by atoms with Gasteiger partial charge in [0.15, 0.2) is 9.84 Å². The molecule has 0 bridgehead atoms. The van der Waals surface area contributed by atoms with Crippen LogP contribution in [0.5, 0.6) is 0 Å². The molecule has 0 aromatic rings. The minimum Gasteiger partial charge on any atom is -0.313 e. The van der Waals surface area contributed by atoms with Crippen LogP contribution in [0, 0.1) is 11.8 Å². The molecule has 3 unspecified atom stereocenters. The Morgan fingerprint density at radius 3 is 2.35 bits per heavy atom. The lowest BCUT2D eigenvalue weighted by Gasteiger charge is -2.37. The van der Waals surface area contributed by atoms with Crippen molar-refractivity contribution in [2.24, 2.45) is 11.8 Å². The Bertz CT molecular complexity index is 324. The summed E-state index contributed by atoms with van der Waals surface area (Å²) in [5, 5.41) is 3.18. The Morgan fingerprint density at radius 1 is 1.24 bits per heavy atom. The summed E-state index contributed by atoms with van der Waals surface area (Å²) in [5.41, 5.74) is 0. The van der Waals surface area contributed by atoms with Gasteiger partial charge in [0.1, 0.15) is 0 Å². The van der Waals surface area contributed by atoms with Crippen molar-refractivity contribution < 1.29 is 8.42 Å². The van der Waals surface area contributed by atoms with Gasteiger partial charge >= 0.3 is 0 Å². The summed E-state index contributed by atoms with van der Waals surface area (Å²) < 4.78 is 24.3. The fraction of sp³-hybridized carbons (Fsp3) is 1.00. The highest BCUT2D eigenvalue weighted by Crippen LogP contribution is 2.33. The second kappa shape index (κ2) is 6.19. The van der Waals surface area contributed by atoms with Crippen LogP contribution < -0.4 is 5.32 Å². The Morgan fingerprint density at radius 2 is 1.88 bits per heavy atom. The van der Waals surface area contributed by atoms with Gasteiger partial charge in [-0.2, -0.15) is 0 Å². The van der Waals surface area contributed by atoms with Gasteiger partial charge in [-0.1, -0.05) is 27.7 Å². The van der Waals surface area contributed by atoms with E-state index in [-0.39, 0.29) is 17.0 Å². The van der Waals surface area contributed by atoms with Gasteiger partial charge in [0, 0.05) is 11.8 Å². The molecular weight excluding hydrogens is 234 g/mol. The first-order valence-corrected chi connectivity index (χ1v) is 8.58. The van der Waals surface area contributed by atoms with Crippen molar-refractivity contribution >= 4 is 9.84 Å².